The first-order valence-electron chi connectivity index (χ1n) is 5.54. The van der Waals surface area contributed by atoms with Crippen LogP contribution in [0.1, 0.15) is 19.3 Å². The molecule has 1 N–H and O–H groups in total. The number of hydrogen-bond donors (Lipinski definition) is 1. The van der Waals surface area contributed by atoms with Crippen molar-refractivity contribution in [1.29, 1.82) is 0 Å². The van der Waals surface area contributed by atoms with E-state index >= 15 is 0 Å². The molecule has 0 radical (unpaired) electrons. The number of ether oxygens (including phenoxy) is 1. The summed E-state index contributed by atoms with van der Waals surface area (Å²) in [6, 6.07) is 10.3. The van der Waals surface area contributed by atoms with Gasteiger partial charge in [0.15, 0.2) is 0 Å². The highest BCUT2D eigenvalue weighted by Gasteiger charge is 2.06. The van der Waals surface area contributed by atoms with Gasteiger partial charge in [-0.15, -0.1) is 0 Å². The largest absolute Gasteiger partial charge is 0.466 e. The van der Waals surface area contributed by atoms with Crippen molar-refractivity contribution in [3.8, 4) is 0 Å². The Morgan fingerprint density at radius 2 is 2.00 bits per heavy atom. The Morgan fingerprint density at radius 3 is 2.62 bits per heavy atom. The monoisotopic (exact) mass is 217 g/mol. The van der Waals surface area contributed by atoms with E-state index in [9.17, 15) is 4.79 Å². The predicted molar refractivity (Wildman–Crippen MR) is 63.1 cm³/mol. The number of cyclic esters (lactones) is 1. The quantitative estimate of drug-likeness (QED) is 0.689. The molecule has 1 saturated heterocycles. The van der Waals surface area contributed by atoms with Crippen LogP contribution in [0.4, 0.5) is 0 Å². The SMILES string of the molecule is O=C1CCCCO1.c1ccc2[nH]ccc2c1. The Morgan fingerprint density at radius 1 is 1.12 bits per heavy atom. The Bertz CT molecular complexity index is 423. The van der Waals surface area contributed by atoms with E-state index < -0.39 is 0 Å². The van der Waals surface area contributed by atoms with E-state index in [4.69, 9.17) is 0 Å². The third-order valence-electron chi connectivity index (χ3n) is 2.50. The summed E-state index contributed by atoms with van der Waals surface area (Å²) in [5.41, 5.74) is 1.21. The van der Waals surface area contributed by atoms with Crippen molar-refractivity contribution in [3.05, 3.63) is 36.5 Å². The Labute approximate surface area is 94.4 Å². The summed E-state index contributed by atoms with van der Waals surface area (Å²) in [5.74, 6) is -0.0359. The number of para-hydroxylation sites is 1. The van der Waals surface area contributed by atoms with Crippen LogP contribution in [0.2, 0.25) is 0 Å². The second-order valence-corrected chi connectivity index (χ2v) is 3.74. The standard InChI is InChI=1S/C8H7N.C5H8O2/c1-2-4-8-7(3-1)5-6-9-8;6-5-3-1-2-4-7-5/h1-6,9H;1-4H2. The minimum Gasteiger partial charge on any atom is -0.466 e. The van der Waals surface area contributed by atoms with Crippen LogP contribution >= 0.6 is 0 Å². The van der Waals surface area contributed by atoms with Gasteiger partial charge < -0.3 is 9.72 Å². The molecular formula is C13H15NO2. The zero-order valence-corrected chi connectivity index (χ0v) is 9.11. The number of aromatic amines is 1. The molecule has 1 aromatic carbocycles. The third-order valence-corrected chi connectivity index (χ3v) is 2.50. The highest BCUT2D eigenvalue weighted by Crippen LogP contribution is 2.09. The molecule has 84 valence electrons. The molecule has 1 aliphatic rings. The molecule has 0 amide bonds. The van der Waals surface area contributed by atoms with Crippen LogP contribution in [-0.2, 0) is 9.53 Å². The van der Waals surface area contributed by atoms with Crippen molar-refractivity contribution in [2.75, 3.05) is 6.61 Å². The average molecular weight is 217 g/mol. The maximum atomic E-state index is 10.2. The molecule has 0 spiro atoms. The highest BCUT2D eigenvalue weighted by atomic mass is 16.5. The first kappa shape index (κ1) is 10.7. The predicted octanol–water partition coefficient (Wildman–Crippen LogP) is 2.88. The van der Waals surface area contributed by atoms with Crippen LogP contribution in [0.25, 0.3) is 10.9 Å². The smallest absolute Gasteiger partial charge is 0.305 e. The molecule has 0 saturated carbocycles. The Balaban J connectivity index is 0.000000125. The Kier molecular flexibility index (Phi) is 3.59. The minimum absolute atomic E-state index is 0.0359. The summed E-state index contributed by atoms with van der Waals surface area (Å²) < 4.78 is 4.64. The fourth-order valence-electron chi connectivity index (χ4n) is 1.62. The van der Waals surface area contributed by atoms with Crippen LogP contribution in [0.5, 0.6) is 0 Å². The summed E-state index contributed by atoms with van der Waals surface area (Å²) >= 11 is 0. The maximum Gasteiger partial charge on any atom is 0.305 e. The number of benzene rings is 1. The zero-order chi connectivity index (χ0) is 11.2. The fourth-order valence-corrected chi connectivity index (χ4v) is 1.62. The lowest BCUT2D eigenvalue weighted by Crippen LogP contribution is -2.10. The highest BCUT2D eigenvalue weighted by molar-refractivity contribution is 5.78. The van der Waals surface area contributed by atoms with E-state index in [1.807, 2.05) is 18.3 Å². The van der Waals surface area contributed by atoms with Crippen molar-refractivity contribution in [3.63, 3.8) is 0 Å². The normalized spacial score (nSPS) is 15.1. The third kappa shape index (κ3) is 2.86. The minimum atomic E-state index is -0.0359. The van der Waals surface area contributed by atoms with Gasteiger partial charge in [0.05, 0.1) is 6.61 Å². The molecule has 2 heterocycles. The molecule has 16 heavy (non-hydrogen) atoms. The number of nitrogens with one attached hydrogen (secondary N) is 1. The van der Waals surface area contributed by atoms with Gasteiger partial charge in [0, 0.05) is 18.1 Å². The van der Waals surface area contributed by atoms with Gasteiger partial charge in [-0.25, -0.2) is 0 Å². The number of aromatic nitrogens is 1. The lowest BCUT2D eigenvalue weighted by Gasteiger charge is -2.08. The van der Waals surface area contributed by atoms with Gasteiger partial charge in [0.25, 0.3) is 0 Å². The molecule has 3 heteroatoms. The van der Waals surface area contributed by atoms with E-state index in [-0.39, 0.29) is 5.97 Å². The van der Waals surface area contributed by atoms with E-state index in [1.54, 1.807) is 0 Å². The van der Waals surface area contributed by atoms with Gasteiger partial charge in [-0.2, -0.15) is 0 Å². The lowest BCUT2D eigenvalue weighted by atomic mass is 10.2. The van der Waals surface area contributed by atoms with E-state index in [2.05, 4.69) is 27.9 Å². The first-order valence-corrected chi connectivity index (χ1v) is 5.54. The number of esters is 1. The molecule has 1 aromatic heterocycles. The molecule has 0 unspecified atom stereocenters. The van der Waals surface area contributed by atoms with Crippen LogP contribution < -0.4 is 0 Å². The molecule has 3 nitrogen and oxygen atoms in total. The van der Waals surface area contributed by atoms with Crippen LogP contribution in [-0.4, -0.2) is 17.6 Å². The maximum absolute atomic E-state index is 10.2. The van der Waals surface area contributed by atoms with Gasteiger partial charge in [0.2, 0.25) is 0 Å². The van der Waals surface area contributed by atoms with Crippen LogP contribution in [0.3, 0.4) is 0 Å². The zero-order valence-electron chi connectivity index (χ0n) is 9.11. The molecule has 2 aromatic rings. The summed E-state index contributed by atoms with van der Waals surface area (Å²) in [4.78, 5) is 13.4. The lowest BCUT2D eigenvalue weighted by molar-refractivity contribution is -0.146. The van der Waals surface area contributed by atoms with Crippen molar-refractivity contribution in [2.24, 2.45) is 0 Å². The number of carbonyl (C=O) groups excluding carboxylic acids is 1. The van der Waals surface area contributed by atoms with E-state index in [0.29, 0.717) is 13.0 Å². The molecule has 0 aliphatic carbocycles. The molecule has 0 atom stereocenters. The number of carbonyl (C=O) groups is 1. The van der Waals surface area contributed by atoms with Gasteiger partial charge in [-0.05, 0) is 30.4 Å². The van der Waals surface area contributed by atoms with Crippen molar-refractivity contribution < 1.29 is 9.53 Å². The summed E-state index contributed by atoms with van der Waals surface area (Å²) in [6.45, 7) is 0.638. The second-order valence-electron chi connectivity index (χ2n) is 3.74. The summed E-state index contributed by atoms with van der Waals surface area (Å²) in [6.07, 6.45) is 4.63. The molecule has 3 rings (SSSR count). The summed E-state index contributed by atoms with van der Waals surface area (Å²) in [7, 11) is 0. The molecular weight excluding hydrogens is 202 g/mol. The van der Waals surface area contributed by atoms with Gasteiger partial charge in [-0.3, -0.25) is 4.79 Å². The van der Waals surface area contributed by atoms with Gasteiger partial charge in [-0.1, -0.05) is 18.2 Å². The first-order chi connectivity index (χ1) is 7.86. The number of H-pyrrole nitrogens is 1. The molecule has 1 fully saturated rings. The van der Waals surface area contributed by atoms with Crippen LogP contribution in [0, 0.1) is 0 Å². The Hall–Kier alpha value is -1.77. The van der Waals surface area contributed by atoms with Gasteiger partial charge in [0.1, 0.15) is 0 Å². The van der Waals surface area contributed by atoms with Crippen molar-refractivity contribution in [1.82, 2.24) is 4.98 Å². The van der Waals surface area contributed by atoms with E-state index in [0.717, 1.165) is 12.8 Å². The molecule has 0 bridgehead atoms. The number of rotatable bonds is 0. The molecule has 1 aliphatic heterocycles. The average Bonchev–Trinajstić information content (AvgIpc) is 2.79. The van der Waals surface area contributed by atoms with Crippen molar-refractivity contribution >= 4 is 16.9 Å². The van der Waals surface area contributed by atoms with Gasteiger partial charge >= 0.3 is 5.97 Å². The number of hydrogen-bond acceptors (Lipinski definition) is 2. The fraction of sp³-hybridized carbons (Fsp3) is 0.308. The summed E-state index contributed by atoms with van der Waals surface area (Å²) in [5, 5.41) is 1.28. The number of fused-ring (bicyclic) bond motifs is 1. The topological polar surface area (TPSA) is 42.1 Å². The van der Waals surface area contributed by atoms with Crippen molar-refractivity contribution in [2.45, 2.75) is 19.3 Å². The van der Waals surface area contributed by atoms with E-state index in [1.165, 1.54) is 10.9 Å². The van der Waals surface area contributed by atoms with Crippen LogP contribution in [0.15, 0.2) is 36.5 Å². The second kappa shape index (κ2) is 5.35.